The smallest absolute Gasteiger partial charge is 0.336 e. The van der Waals surface area contributed by atoms with Gasteiger partial charge in [-0.2, -0.15) is 0 Å². The lowest BCUT2D eigenvalue weighted by atomic mass is 10.0. The molecule has 0 saturated carbocycles. The van der Waals surface area contributed by atoms with Crippen molar-refractivity contribution in [3.05, 3.63) is 75.4 Å². The van der Waals surface area contributed by atoms with E-state index in [2.05, 4.69) is 5.32 Å². The number of hydrogen-bond donors (Lipinski definition) is 2. The molecule has 0 radical (unpaired) electrons. The Balaban J connectivity index is 1.85. The second kappa shape index (κ2) is 6.84. The summed E-state index contributed by atoms with van der Waals surface area (Å²) in [4.78, 5) is 11.7. The minimum absolute atomic E-state index is 0.129. The molecule has 0 spiro atoms. The summed E-state index contributed by atoms with van der Waals surface area (Å²) in [5.41, 5.74) is 2.48. The lowest BCUT2D eigenvalue weighted by Crippen LogP contribution is -2.14. The van der Waals surface area contributed by atoms with Crippen molar-refractivity contribution in [1.29, 1.82) is 0 Å². The molecule has 2 aromatic carbocycles. The van der Waals surface area contributed by atoms with Gasteiger partial charge < -0.3 is 14.8 Å². The van der Waals surface area contributed by atoms with E-state index >= 15 is 0 Å². The maximum atomic E-state index is 12.9. The summed E-state index contributed by atoms with van der Waals surface area (Å²) in [5, 5.41) is 14.0. The zero-order chi connectivity index (χ0) is 17.1. The lowest BCUT2D eigenvalue weighted by molar-refractivity contribution is 0.466. The number of phenols is 1. The average molecular weight is 327 g/mol. The number of aryl methyl sites for hydroxylation is 1. The number of fused-ring (bicyclic) bond motifs is 1. The van der Waals surface area contributed by atoms with E-state index in [1.807, 2.05) is 13.0 Å². The van der Waals surface area contributed by atoms with Gasteiger partial charge in [-0.25, -0.2) is 9.18 Å². The fraction of sp³-hybridized carbons (Fsp3) is 0.211. The van der Waals surface area contributed by atoms with Crippen molar-refractivity contribution in [2.45, 2.75) is 26.4 Å². The van der Waals surface area contributed by atoms with Crippen LogP contribution >= 0.6 is 0 Å². The molecule has 0 aliphatic heterocycles. The van der Waals surface area contributed by atoms with E-state index in [1.54, 1.807) is 12.1 Å². The predicted octanol–water partition coefficient (Wildman–Crippen LogP) is 3.49. The van der Waals surface area contributed by atoms with Crippen LogP contribution in [0.15, 0.2) is 51.7 Å². The van der Waals surface area contributed by atoms with Crippen molar-refractivity contribution in [2.75, 3.05) is 0 Å². The van der Waals surface area contributed by atoms with Gasteiger partial charge in [-0.15, -0.1) is 0 Å². The van der Waals surface area contributed by atoms with E-state index in [0.717, 1.165) is 22.1 Å². The third kappa shape index (κ3) is 3.46. The van der Waals surface area contributed by atoms with Crippen molar-refractivity contribution in [2.24, 2.45) is 0 Å². The standard InChI is InChI=1S/C19H18FNO3/c1-2-13-7-16-14(8-19(23)24-18(16)9-17(13)22)11-21-10-12-3-5-15(20)6-4-12/h3-9,21-22H,2,10-11H2,1H3. The van der Waals surface area contributed by atoms with Crippen LogP contribution in [-0.4, -0.2) is 5.11 Å². The molecule has 0 saturated heterocycles. The molecule has 0 bridgehead atoms. The Bertz CT molecular complexity index is 916. The summed E-state index contributed by atoms with van der Waals surface area (Å²) in [6.07, 6.45) is 0.684. The van der Waals surface area contributed by atoms with Crippen LogP contribution < -0.4 is 10.9 Å². The Morgan fingerprint density at radius 1 is 1.08 bits per heavy atom. The summed E-state index contributed by atoms with van der Waals surface area (Å²) < 4.78 is 18.1. The van der Waals surface area contributed by atoms with Crippen LogP contribution in [0.1, 0.15) is 23.6 Å². The van der Waals surface area contributed by atoms with Crippen molar-refractivity contribution in [1.82, 2.24) is 5.32 Å². The van der Waals surface area contributed by atoms with Gasteiger partial charge in [0, 0.05) is 30.6 Å². The highest BCUT2D eigenvalue weighted by atomic mass is 19.1. The van der Waals surface area contributed by atoms with Gasteiger partial charge >= 0.3 is 5.63 Å². The molecule has 0 fully saturated rings. The molecule has 0 atom stereocenters. The number of halogens is 1. The second-order valence-corrected chi connectivity index (χ2v) is 5.65. The first-order valence-corrected chi connectivity index (χ1v) is 7.80. The summed E-state index contributed by atoms with van der Waals surface area (Å²) >= 11 is 0. The molecular weight excluding hydrogens is 309 g/mol. The van der Waals surface area contributed by atoms with Crippen LogP contribution in [0.4, 0.5) is 4.39 Å². The molecule has 0 unspecified atom stereocenters. The number of hydrogen-bond acceptors (Lipinski definition) is 4. The number of phenolic OH excluding ortho intramolecular Hbond substituents is 1. The zero-order valence-corrected chi connectivity index (χ0v) is 13.3. The summed E-state index contributed by atoms with van der Waals surface area (Å²) in [6.45, 7) is 2.97. The van der Waals surface area contributed by atoms with Crippen molar-refractivity contribution in [3.8, 4) is 5.75 Å². The monoisotopic (exact) mass is 327 g/mol. The largest absolute Gasteiger partial charge is 0.508 e. The average Bonchev–Trinajstić information content (AvgIpc) is 2.56. The van der Waals surface area contributed by atoms with E-state index in [-0.39, 0.29) is 11.6 Å². The Kier molecular flexibility index (Phi) is 4.62. The molecule has 5 heteroatoms. The van der Waals surface area contributed by atoms with E-state index in [0.29, 0.717) is 25.1 Å². The Hall–Kier alpha value is -2.66. The number of aromatic hydroxyl groups is 1. The Morgan fingerprint density at radius 2 is 1.83 bits per heavy atom. The molecule has 2 N–H and O–H groups in total. The second-order valence-electron chi connectivity index (χ2n) is 5.65. The fourth-order valence-corrected chi connectivity index (χ4v) is 2.68. The third-order valence-corrected chi connectivity index (χ3v) is 3.97. The van der Waals surface area contributed by atoms with Crippen LogP contribution in [0, 0.1) is 5.82 Å². The SMILES string of the molecule is CCc1cc2c(CNCc3ccc(F)cc3)cc(=O)oc2cc1O. The highest BCUT2D eigenvalue weighted by Crippen LogP contribution is 2.26. The molecule has 1 aromatic heterocycles. The van der Waals surface area contributed by atoms with Crippen molar-refractivity contribution >= 4 is 11.0 Å². The molecule has 0 amide bonds. The van der Waals surface area contributed by atoms with Crippen LogP contribution in [-0.2, 0) is 19.5 Å². The summed E-state index contributed by atoms with van der Waals surface area (Å²) in [6, 6.07) is 11.1. The van der Waals surface area contributed by atoms with E-state index < -0.39 is 5.63 Å². The molecule has 124 valence electrons. The minimum atomic E-state index is -0.454. The van der Waals surface area contributed by atoms with Gasteiger partial charge in [-0.3, -0.25) is 0 Å². The van der Waals surface area contributed by atoms with Gasteiger partial charge in [0.2, 0.25) is 0 Å². The number of benzene rings is 2. The van der Waals surface area contributed by atoms with Gasteiger partial charge in [-0.05, 0) is 41.3 Å². The Morgan fingerprint density at radius 3 is 2.54 bits per heavy atom. The molecule has 4 nitrogen and oxygen atoms in total. The van der Waals surface area contributed by atoms with Crippen molar-refractivity contribution < 1.29 is 13.9 Å². The van der Waals surface area contributed by atoms with Crippen LogP contribution in [0.3, 0.4) is 0 Å². The van der Waals surface area contributed by atoms with Gasteiger partial charge in [0.05, 0.1) is 0 Å². The quantitative estimate of drug-likeness (QED) is 0.704. The molecule has 0 aliphatic rings. The molecule has 0 aliphatic carbocycles. The topological polar surface area (TPSA) is 62.5 Å². The fourth-order valence-electron chi connectivity index (χ4n) is 2.68. The van der Waals surface area contributed by atoms with E-state index in [9.17, 15) is 14.3 Å². The highest BCUT2D eigenvalue weighted by Gasteiger charge is 2.10. The van der Waals surface area contributed by atoms with Gasteiger partial charge in [0.15, 0.2) is 0 Å². The highest BCUT2D eigenvalue weighted by molar-refractivity contribution is 5.82. The number of rotatable bonds is 5. The van der Waals surface area contributed by atoms with Crippen LogP contribution in [0.25, 0.3) is 11.0 Å². The summed E-state index contributed by atoms with van der Waals surface area (Å²) in [7, 11) is 0. The molecule has 3 rings (SSSR count). The van der Waals surface area contributed by atoms with Crippen LogP contribution in [0.2, 0.25) is 0 Å². The predicted molar refractivity (Wildman–Crippen MR) is 90.5 cm³/mol. The minimum Gasteiger partial charge on any atom is -0.508 e. The van der Waals surface area contributed by atoms with E-state index in [4.69, 9.17) is 4.42 Å². The molecule has 1 heterocycles. The maximum absolute atomic E-state index is 12.9. The third-order valence-electron chi connectivity index (χ3n) is 3.97. The van der Waals surface area contributed by atoms with Gasteiger partial charge in [0.25, 0.3) is 0 Å². The maximum Gasteiger partial charge on any atom is 0.336 e. The van der Waals surface area contributed by atoms with Crippen molar-refractivity contribution in [3.63, 3.8) is 0 Å². The molecule has 24 heavy (non-hydrogen) atoms. The lowest BCUT2D eigenvalue weighted by Gasteiger charge is -2.10. The number of nitrogens with one attached hydrogen (secondary N) is 1. The van der Waals surface area contributed by atoms with Crippen LogP contribution in [0.5, 0.6) is 5.75 Å². The first-order valence-electron chi connectivity index (χ1n) is 7.80. The zero-order valence-electron chi connectivity index (χ0n) is 13.3. The van der Waals surface area contributed by atoms with Gasteiger partial charge in [-0.1, -0.05) is 19.1 Å². The molecule has 3 aromatic rings. The first-order chi connectivity index (χ1) is 11.6. The van der Waals surface area contributed by atoms with Gasteiger partial charge in [0.1, 0.15) is 17.1 Å². The summed E-state index contributed by atoms with van der Waals surface area (Å²) in [5.74, 6) is -0.137. The molecular formula is C19H18FNO3. The first kappa shape index (κ1) is 16.2. The normalized spacial score (nSPS) is 11.1. The van der Waals surface area contributed by atoms with E-state index in [1.165, 1.54) is 24.3 Å². The Labute approximate surface area is 138 Å².